The maximum Gasteiger partial charge on any atom is 0.115 e. The molecule has 0 radical (unpaired) electrons. The first-order valence-corrected chi connectivity index (χ1v) is 12.1. The van der Waals surface area contributed by atoms with E-state index in [0.717, 1.165) is 18.4 Å². The van der Waals surface area contributed by atoms with E-state index < -0.39 is 0 Å². The lowest BCUT2D eigenvalue weighted by molar-refractivity contribution is -0.966. The average Bonchev–Trinajstić information content (AvgIpc) is 3.30. The van der Waals surface area contributed by atoms with Gasteiger partial charge < -0.3 is 26.2 Å². The SMILES string of the molecule is CCCCCCO[C@@H]1C[N@+]2(Cc3ccc4ccccc4c3)CC[C@@H]3CC[C@H]1[C@@]32C.[Br-]. The van der Waals surface area contributed by atoms with Crippen molar-refractivity contribution in [1.29, 1.82) is 0 Å². The number of nitrogens with zero attached hydrogens (tertiary/aromatic N) is 1. The van der Waals surface area contributed by atoms with E-state index in [1.54, 1.807) is 0 Å². The Labute approximate surface area is 193 Å². The molecule has 0 spiro atoms. The number of rotatable bonds is 8. The van der Waals surface area contributed by atoms with Gasteiger partial charge in [-0.2, -0.15) is 0 Å². The van der Waals surface area contributed by atoms with Gasteiger partial charge in [-0.1, -0.05) is 62.6 Å². The highest BCUT2D eigenvalue weighted by Gasteiger charge is 2.71. The van der Waals surface area contributed by atoms with Crippen molar-refractivity contribution in [1.82, 2.24) is 0 Å². The predicted molar refractivity (Wildman–Crippen MR) is 121 cm³/mol. The Morgan fingerprint density at radius 1 is 1.00 bits per heavy atom. The summed E-state index contributed by atoms with van der Waals surface area (Å²) in [4.78, 5) is 0. The molecule has 0 unspecified atom stereocenters. The van der Waals surface area contributed by atoms with Crippen molar-refractivity contribution in [3.8, 4) is 0 Å². The molecule has 0 amide bonds. The number of halogens is 1. The van der Waals surface area contributed by atoms with Gasteiger partial charge in [0, 0.05) is 30.4 Å². The van der Waals surface area contributed by atoms with E-state index in [4.69, 9.17) is 4.74 Å². The monoisotopic (exact) mass is 471 g/mol. The maximum atomic E-state index is 6.60. The smallest absolute Gasteiger partial charge is 0.115 e. The highest BCUT2D eigenvalue weighted by molar-refractivity contribution is 5.82. The van der Waals surface area contributed by atoms with E-state index in [1.165, 1.54) is 85.4 Å². The third-order valence-corrected chi connectivity index (χ3v) is 8.94. The number of hydrogen-bond donors (Lipinski definition) is 0. The average molecular weight is 473 g/mol. The second kappa shape index (κ2) is 8.92. The fourth-order valence-electron chi connectivity index (χ4n) is 7.34. The van der Waals surface area contributed by atoms with Crippen molar-refractivity contribution in [2.24, 2.45) is 11.8 Å². The first-order valence-electron chi connectivity index (χ1n) is 12.1. The number of hydrogen-bond acceptors (Lipinski definition) is 1. The van der Waals surface area contributed by atoms with Crippen LogP contribution in [0, 0.1) is 11.8 Å². The zero-order valence-corrected chi connectivity index (χ0v) is 20.4. The molecule has 3 heteroatoms. The fourth-order valence-corrected chi connectivity index (χ4v) is 7.34. The Morgan fingerprint density at radius 3 is 2.67 bits per heavy atom. The summed E-state index contributed by atoms with van der Waals surface area (Å²) in [6.45, 7) is 9.65. The lowest BCUT2D eigenvalue weighted by Gasteiger charge is -2.44. The van der Waals surface area contributed by atoms with Crippen molar-refractivity contribution in [2.75, 3.05) is 19.7 Å². The topological polar surface area (TPSA) is 9.23 Å². The summed E-state index contributed by atoms with van der Waals surface area (Å²) in [6.07, 6.45) is 9.92. The lowest BCUT2D eigenvalue weighted by Crippen LogP contribution is -3.00. The molecular formula is C27H38BrNO. The molecule has 5 atom stereocenters. The van der Waals surface area contributed by atoms with Crippen LogP contribution in [0.25, 0.3) is 10.8 Å². The van der Waals surface area contributed by atoms with Gasteiger partial charge >= 0.3 is 0 Å². The molecule has 2 nitrogen and oxygen atoms in total. The summed E-state index contributed by atoms with van der Waals surface area (Å²) >= 11 is 0. The molecule has 2 aliphatic heterocycles. The molecule has 3 fully saturated rings. The predicted octanol–water partition coefficient (Wildman–Crippen LogP) is 3.33. The molecule has 0 N–H and O–H groups in total. The van der Waals surface area contributed by atoms with E-state index in [0.29, 0.717) is 11.6 Å². The summed E-state index contributed by atoms with van der Waals surface area (Å²) in [5.74, 6) is 1.67. The van der Waals surface area contributed by atoms with Gasteiger partial charge in [0.15, 0.2) is 0 Å². The summed E-state index contributed by atoms with van der Waals surface area (Å²) in [6, 6.07) is 15.9. The van der Waals surface area contributed by atoms with Gasteiger partial charge in [0.25, 0.3) is 0 Å². The molecule has 164 valence electrons. The van der Waals surface area contributed by atoms with Gasteiger partial charge in [-0.3, -0.25) is 0 Å². The third-order valence-electron chi connectivity index (χ3n) is 8.94. The number of benzene rings is 2. The summed E-state index contributed by atoms with van der Waals surface area (Å²) in [5.41, 5.74) is 1.94. The molecule has 2 aromatic carbocycles. The number of fused-ring (bicyclic) bond motifs is 1. The molecule has 30 heavy (non-hydrogen) atoms. The summed E-state index contributed by atoms with van der Waals surface area (Å²) in [7, 11) is 0. The molecule has 2 heterocycles. The Morgan fingerprint density at radius 2 is 1.83 bits per heavy atom. The van der Waals surface area contributed by atoms with E-state index >= 15 is 0 Å². The quantitative estimate of drug-likeness (QED) is 0.423. The minimum Gasteiger partial charge on any atom is -1.00 e. The van der Waals surface area contributed by atoms with Crippen molar-refractivity contribution in [3.05, 3.63) is 48.0 Å². The third kappa shape index (κ3) is 3.55. The van der Waals surface area contributed by atoms with Crippen LogP contribution >= 0.6 is 0 Å². The van der Waals surface area contributed by atoms with Crippen LogP contribution in [0.3, 0.4) is 0 Å². The molecule has 2 aromatic rings. The molecule has 0 aromatic heterocycles. The normalized spacial score (nSPS) is 34.3. The molecular weight excluding hydrogens is 434 g/mol. The summed E-state index contributed by atoms with van der Waals surface area (Å²) in [5, 5.41) is 2.74. The molecule has 3 aliphatic rings. The first kappa shape index (κ1) is 22.3. The van der Waals surface area contributed by atoms with E-state index in [1.807, 2.05) is 0 Å². The van der Waals surface area contributed by atoms with Gasteiger partial charge in [-0.25, -0.2) is 0 Å². The Hall–Kier alpha value is -0.900. The standard InChI is InChI=1S/C27H38NO.BrH/c1-3-4-5-8-17-29-26-20-28(16-15-24-13-14-25(26)27(24,28)2)19-21-11-12-22-9-6-7-10-23(22)18-21;/h6-7,9-12,18,24-26H,3-5,8,13-17,19-20H2,1-2H3;1H/q+1;/p-1/t24-,25+,26+,27+,28+;/m0./s1. The molecule has 0 bridgehead atoms. The Kier molecular flexibility index (Phi) is 6.63. The second-order valence-corrected chi connectivity index (χ2v) is 10.3. The minimum atomic E-state index is 0. The second-order valence-electron chi connectivity index (χ2n) is 10.3. The van der Waals surface area contributed by atoms with Crippen LogP contribution in [0.4, 0.5) is 0 Å². The van der Waals surface area contributed by atoms with Gasteiger partial charge in [0.1, 0.15) is 24.7 Å². The highest BCUT2D eigenvalue weighted by atomic mass is 79.9. The zero-order chi connectivity index (χ0) is 19.9. The van der Waals surface area contributed by atoms with Crippen molar-refractivity contribution in [2.45, 2.75) is 77.0 Å². The number of unbranched alkanes of at least 4 members (excludes halogenated alkanes) is 3. The van der Waals surface area contributed by atoms with E-state index in [-0.39, 0.29) is 17.0 Å². The van der Waals surface area contributed by atoms with Crippen molar-refractivity contribution in [3.63, 3.8) is 0 Å². The summed E-state index contributed by atoms with van der Waals surface area (Å²) < 4.78 is 7.88. The van der Waals surface area contributed by atoms with Crippen molar-refractivity contribution < 1.29 is 26.2 Å². The largest absolute Gasteiger partial charge is 1.00 e. The van der Waals surface area contributed by atoms with Crippen LogP contribution in [0.15, 0.2) is 42.5 Å². The molecule has 1 aliphatic carbocycles. The number of quaternary nitrogens is 1. The molecule has 5 rings (SSSR count). The zero-order valence-electron chi connectivity index (χ0n) is 18.8. The van der Waals surface area contributed by atoms with Crippen LogP contribution in [0.5, 0.6) is 0 Å². The van der Waals surface area contributed by atoms with Crippen LogP contribution in [0.1, 0.15) is 64.4 Å². The van der Waals surface area contributed by atoms with E-state index in [2.05, 4.69) is 56.3 Å². The van der Waals surface area contributed by atoms with Crippen LogP contribution < -0.4 is 17.0 Å². The van der Waals surface area contributed by atoms with Gasteiger partial charge in [0.05, 0.1) is 6.54 Å². The molecule has 1 saturated carbocycles. The van der Waals surface area contributed by atoms with Gasteiger partial charge in [-0.15, -0.1) is 0 Å². The first-order chi connectivity index (χ1) is 14.2. The minimum absolute atomic E-state index is 0. The lowest BCUT2D eigenvalue weighted by atomic mass is 9.83. The Bertz CT molecular complexity index is 869. The van der Waals surface area contributed by atoms with Gasteiger partial charge in [0.2, 0.25) is 0 Å². The highest BCUT2D eigenvalue weighted by Crippen LogP contribution is 2.61. The van der Waals surface area contributed by atoms with Crippen LogP contribution in [-0.2, 0) is 11.3 Å². The maximum absolute atomic E-state index is 6.60. The molecule has 2 saturated heterocycles. The Balaban J connectivity index is 0.00000218. The van der Waals surface area contributed by atoms with E-state index in [9.17, 15) is 0 Å². The fraction of sp³-hybridized carbons (Fsp3) is 0.630. The van der Waals surface area contributed by atoms with Crippen LogP contribution in [-0.4, -0.2) is 35.8 Å². The van der Waals surface area contributed by atoms with Crippen molar-refractivity contribution >= 4 is 10.8 Å². The van der Waals surface area contributed by atoms with Crippen LogP contribution in [0.2, 0.25) is 0 Å². The number of ether oxygens (including phenoxy) is 1. The van der Waals surface area contributed by atoms with Gasteiger partial charge in [-0.05, 0) is 43.0 Å².